The lowest BCUT2D eigenvalue weighted by Crippen LogP contribution is -2.35. The number of benzene rings is 3. The number of anilines is 2. The molecule has 7 nitrogen and oxygen atoms in total. The zero-order valence-corrected chi connectivity index (χ0v) is 18.7. The first-order chi connectivity index (χ1) is 15.4. The van der Waals surface area contributed by atoms with E-state index in [-0.39, 0.29) is 10.8 Å². The Balaban J connectivity index is 1.65. The van der Waals surface area contributed by atoms with E-state index in [4.69, 9.17) is 9.47 Å². The number of fused-ring (bicyclic) bond motifs is 1. The van der Waals surface area contributed by atoms with Gasteiger partial charge in [0.2, 0.25) is 0 Å². The monoisotopic (exact) mass is 452 g/mol. The van der Waals surface area contributed by atoms with Gasteiger partial charge in [-0.15, -0.1) is 0 Å². The van der Waals surface area contributed by atoms with E-state index >= 15 is 0 Å². The summed E-state index contributed by atoms with van der Waals surface area (Å²) in [5.74, 6) is 0.721. The van der Waals surface area contributed by atoms with E-state index in [0.29, 0.717) is 35.0 Å². The number of carbonyl (C=O) groups is 1. The summed E-state index contributed by atoms with van der Waals surface area (Å²) in [4.78, 5) is 13.0. The fraction of sp³-hybridized carbons (Fsp3) is 0.208. The van der Waals surface area contributed by atoms with Crippen LogP contribution in [0.25, 0.3) is 0 Å². The molecule has 32 heavy (non-hydrogen) atoms. The molecule has 0 bridgehead atoms. The number of hydrogen-bond donors (Lipinski definition) is 1. The van der Waals surface area contributed by atoms with E-state index in [1.54, 1.807) is 48.5 Å². The molecule has 0 radical (unpaired) electrons. The number of ether oxygens (including phenoxy) is 2. The summed E-state index contributed by atoms with van der Waals surface area (Å²) >= 11 is 0. The van der Waals surface area contributed by atoms with Crippen molar-refractivity contribution in [3.63, 3.8) is 0 Å². The number of para-hydroxylation sites is 1. The Hall–Kier alpha value is -3.52. The maximum atomic E-state index is 13.4. The molecule has 1 heterocycles. The van der Waals surface area contributed by atoms with Crippen LogP contribution in [-0.2, 0) is 16.4 Å². The highest BCUT2D eigenvalue weighted by Crippen LogP contribution is 2.34. The topological polar surface area (TPSA) is 84.9 Å². The minimum Gasteiger partial charge on any atom is -0.497 e. The van der Waals surface area contributed by atoms with Crippen LogP contribution in [0.3, 0.4) is 0 Å². The quantitative estimate of drug-likeness (QED) is 0.609. The Kier molecular flexibility index (Phi) is 6.05. The summed E-state index contributed by atoms with van der Waals surface area (Å²) in [6, 6.07) is 18.6. The highest BCUT2D eigenvalue weighted by atomic mass is 32.2. The molecule has 166 valence electrons. The molecule has 0 aromatic heterocycles. The van der Waals surface area contributed by atoms with Gasteiger partial charge < -0.3 is 14.8 Å². The van der Waals surface area contributed by atoms with E-state index < -0.39 is 10.0 Å². The number of aryl methyl sites for hydroxylation is 1. The van der Waals surface area contributed by atoms with E-state index in [1.165, 1.54) is 30.7 Å². The number of sulfonamides is 1. The van der Waals surface area contributed by atoms with Gasteiger partial charge in [-0.3, -0.25) is 9.10 Å². The summed E-state index contributed by atoms with van der Waals surface area (Å²) in [5, 5.41) is 2.85. The molecule has 3 aromatic rings. The highest BCUT2D eigenvalue weighted by molar-refractivity contribution is 7.92. The number of amides is 1. The second kappa shape index (κ2) is 8.92. The average Bonchev–Trinajstić information content (AvgIpc) is 2.83. The molecule has 0 atom stereocenters. The average molecular weight is 453 g/mol. The van der Waals surface area contributed by atoms with Crippen LogP contribution < -0.4 is 19.1 Å². The molecular weight excluding hydrogens is 428 g/mol. The van der Waals surface area contributed by atoms with Crippen molar-refractivity contribution in [3.05, 3.63) is 77.9 Å². The van der Waals surface area contributed by atoms with Gasteiger partial charge in [-0.2, -0.15) is 0 Å². The molecule has 0 unspecified atom stereocenters. The van der Waals surface area contributed by atoms with Crippen molar-refractivity contribution in [1.82, 2.24) is 0 Å². The van der Waals surface area contributed by atoms with Gasteiger partial charge >= 0.3 is 0 Å². The first kappa shape index (κ1) is 21.7. The zero-order valence-electron chi connectivity index (χ0n) is 17.9. The smallest absolute Gasteiger partial charge is 0.264 e. The van der Waals surface area contributed by atoms with E-state index in [2.05, 4.69) is 5.32 Å². The second-order valence-electron chi connectivity index (χ2n) is 7.35. The fourth-order valence-corrected chi connectivity index (χ4v) is 5.31. The fourth-order valence-electron chi connectivity index (χ4n) is 3.77. The summed E-state index contributed by atoms with van der Waals surface area (Å²) in [5.41, 5.74) is 2.40. The lowest BCUT2D eigenvalue weighted by Gasteiger charge is -2.31. The second-order valence-corrected chi connectivity index (χ2v) is 9.22. The molecule has 0 saturated heterocycles. The van der Waals surface area contributed by atoms with Crippen molar-refractivity contribution in [1.29, 1.82) is 0 Å². The maximum absolute atomic E-state index is 13.4. The molecule has 1 N–H and O–H groups in total. The number of hydrogen-bond acceptors (Lipinski definition) is 5. The van der Waals surface area contributed by atoms with Crippen LogP contribution in [0.15, 0.2) is 71.6 Å². The zero-order chi connectivity index (χ0) is 22.7. The molecule has 8 heteroatoms. The van der Waals surface area contributed by atoms with Gasteiger partial charge in [0.25, 0.3) is 15.9 Å². The summed E-state index contributed by atoms with van der Waals surface area (Å²) in [7, 11) is -0.724. The van der Waals surface area contributed by atoms with Crippen molar-refractivity contribution in [2.24, 2.45) is 0 Å². The van der Waals surface area contributed by atoms with Gasteiger partial charge in [-0.05, 0) is 66.9 Å². The standard InChI is InChI=1S/C24H24N2O5S/c1-30-19-11-13-20(14-12-19)32(28,29)26-15-5-6-17-9-10-18(16-22(17)26)25-24(27)21-7-3-4-8-23(21)31-2/h3-4,7-14,16H,5-6,15H2,1-2H3,(H,25,27). The number of methoxy groups -OCH3 is 2. The SMILES string of the molecule is COc1ccc(S(=O)(=O)N2CCCc3ccc(NC(=O)c4ccccc4OC)cc32)cc1. The molecule has 1 amide bonds. The maximum Gasteiger partial charge on any atom is 0.264 e. The van der Waals surface area contributed by atoms with Crippen LogP contribution in [0.5, 0.6) is 11.5 Å². The molecule has 1 aliphatic heterocycles. The van der Waals surface area contributed by atoms with Gasteiger partial charge in [-0.1, -0.05) is 18.2 Å². The predicted molar refractivity (Wildman–Crippen MR) is 123 cm³/mol. The largest absolute Gasteiger partial charge is 0.497 e. The van der Waals surface area contributed by atoms with Crippen LogP contribution >= 0.6 is 0 Å². The lowest BCUT2D eigenvalue weighted by atomic mass is 10.0. The third-order valence-electron chi connectivity index (χ3n) is 5.42. The van der Waals surface area contributed by atoms with Crippen molar-refractivity contribution in [2.75, 3.05) is 30.4 Å². The van der Waals surface area contributed by atoms with E-state index in [1.807, 2.05) is 6.07 Å². The van der Waals surface area contributed by atoms with E-state index in [0.717, 1.165) is 18.4 Å². The van der Waals surface area contributed by atoms with Crippen molar-refractivity contribution < 1.29 is 22.7 Å². The first-order valence-corrected chi connectivity index (χ1v) is 11.6. The van der Waals surface area contributed by atoms with Gasteiger partial charge in [0.15, 0.2) is 0 Å². The van der Waals surface area contributed by atoms with Crippen LogP contribution in [0.1, 0.15) is 22.3 Å². The molecule has 0 spiro atoms. The minimum absolute atomic E-state index is 0.189. The minimum atomic E-state index is -3.76. The Morgan fingerprint density at radius 2 is 1.72 bits per heavy atom. The Bertz CT molecular complexity index is 1240. The van der Waals surface area contributed by atoms with Crippen LogP contribution in [-0.4, -0.2) is 35.1 Å². The number of nitrogens with zero attached hydrogens (tertiary/aromatic N) is 1. The third kappa shape index (κ3) is 4.13. The van der Waals surface area contributed by atoms with Crippen LogP contribution in [0.4, 0.5) is 11.4 Å². The highest BCUT2D eigenvalue weighted by Gasteiger charge is 2.29. The molecule has 0 aliphatic carbocycles. The van der Waals surface area contributed by atoms with Gasteiger partial charge in [0.05, 0.1) is 30.4 Å². The molecule has 0 saturated carbocycles. The summed E-state index contributed by atoms with van der Waals surface area (Å²) in [6.45, 7) is 0.366. The number of nitrogens with one attached hydrogen (secondary N) is 1. The number of rotatable bonds is 6. The van der Waals surface area contributed by atoms with E-state index in [9.17, 15) is 13.2 Å². The van der Waals surface area contributed by atoms with Gasteiger partial charge in [-0.25, -0.2) is 8.42 Å². The molecular formula is C24H24N2O5S. The molecule has 4 rings (SSSR count). The van der Waals surface area contributed by atoms with Crippen molar-refractivity contribution in [3.8, 4) is 11.5 Å². The molecule has 0 fully saturated rings. The van der Waals surface area contributed by atoms with Crippen molar-refractivity contribution >= 4 is 27.3 Å². The first-order valence-electron chi connectivity index (χ1n) is 10.2. The van der Waals surface area contributed by atoms with Gasteiger partial charge in [0.1, 0.15) is 11.5 Å². The summed E-state index contributed by atoms with van der Waals surface area (Å²) in [6.07, 6.45) is 1.49. The Labute approximate surface area is 187 Å². The van der Waals surface area contributed by atoms with Crippen LogP contribution in [0.2, 0.25) is 0 Å². The third-order valence-corrected chi connectivity index (χ3v) is 7.25. The van der Waals surface area contributed by atoms with Crippen molar-refractivity contribution in [2.45, 2.75) is 17.7 Å². The number of carbonyl (C=O) groups excluding carboxylic acids is 1. The van der Waals surface area contributed by atoms with Crippen LogP contribution in [0, 0.1) is 0 Å². The lowest BCUT2D eigenvalue weighted by molar-refractivity contribution is 0.102. The Morgan fingerprint density at radius 3 is 2.44 bits per heavy atom. The van der Waals surface area contributed by atoms with Gasteiger partial charge in [0, 0.05) is 12.2 Å². The molecule has 3 aromatic carbocycles. The predicted octanol–water partition coefficient (Wildman–Crippen LogP) is 4.10. The summed E-state index contributed by atoms with van der Waals surface area (Å²) < 4.78 is 38.5. The Morgan fingerprint density at radius 1 is 0.969 bits per heavy atom. The molecule has 1 aliphatic rings. The normalized spacial score (nSPS) is 13.2.